The fourth-order valence-electron chi connectivity index (χ4n) is 4.58. The summed E-state index contributed by atoms with van der Waals surface area (Å²) in [6, 6.07) is 14.4. The Morgan fingerprint density at radius 2 is 1.88 bits per heavy atom. The van der Waals surface area contributed by atoms with E-state index in [2.05, 4.69) is 10.3 Å². The Morgan fingerprint density at radius 1 is 1.12 bits per heavy atom. The summed E-state index contributed by atoms with van der Waals surface area (Å²) in [5.74, 6) is -0.0304. The number of carbonyl (C=O) groups excluding carboxylic acids is 3. The first kappa shape index (κ1) is 20.1. The van der Waals surface area contributed by atoms with Gasteiger partial charge in [-0.05, 0) is 30.7 Å². The van der Waals surface area contributed by atoms with Gasteiger partial charge in [-0.15, -0.1) is 0 Å². The minimum absolute atomic E-state index is 0.247. The molecule has 0 bridgehead atoms. The average molecular weight is 432 g/mol. The average Bonchev–Trinajstić information content (AvgIpc) is 3.29. The molecule has 3 heterocycles. The van der Waals surface area contributed by atoms with Gasteiger partial charge in [-0.25, -0.2) is 4.79 Å². The van der Waals surface area contributed by atoms with Gasteiger partial charge in [0, 0.05) is 41.7 Å². The highest BCUT2D eigenvalue weighted by atomic mass is 16.5. The zero-order valence-electron chi connectivity index (χ0n) is 18.0. The summed E-state index contributed by atoms with van der Waals surface area (Å²) < 4.78 is 5.16. The van der Waals surface area contributed by atoms with E-state index in [9.17, 15) is 14.4 Å². The Balaban J connectivity index is 1.33. The highest BCUT2D eigenvalue weighted by molar-refractivity contribution is 6.09. The van der Waals surface area contributed by atoms with Gasteiger partial charge in [0.2, 0.25) is 5.91 Å². The third-order valence-corrected chi connectivity index (χ3v) is 6.47. The second-order valence-electron chi connectivity index (χ2n) is 8.37. The standard InChI is InChI=1S/C24H24N4O4/c1-24(15-7-9-16(32-2)10-8-15)22(30)28(23(31)26-24)14-21(29)27-12-11-20-18(13-27)17-5-3-4-6-19(17)25-20/h3-10,25H,11-14H2,1-2H3,(H,26,31). The van der Waals surface area contributed by atoms with E-state index < -0.39 is 17.5 Å². The van der Waals surface area contributed by atoms with Crippen molar-refractivity contribution in [3.8, 4) is 5.75 Å². The number of H-pyrrole nitrogens is 1. The molecular weight excluding hydrogens is 408 g/mol. The van der Waals surface area contributed by atoms with Crippen LogP contribution in [-0.4, -0.2) is 52.8 Å². The normalized spacial score (nSPS) is 20.4. The van der Waals surface area contributed by atoms with Crippen LogP contribution < -0.4 is 10.1 Å². The second-order valence-corrected chi connectivity index (χ2v) is 8.37. The van der Waals surface area contributed by atoms with Gasteiger partial charge >= 0.3 is 6.03 Å². The number of hydrogen-bond donors (Lipinski definition) is 2. The Labute approximate surface area is 185 Å². The molecule has 2 N–H and O–H groups in total. The number of ether oxygens (including phenoxy) is 1. The van der Waals surface area contributed by atoms with Crippen molar-refractivity contribution in [1.29, 1.82) is 0 Å². The Kier molecular flexibility index (Phi) is 4.65. The van der Waals surface area contributed by atoms with Crippen LogP contribution >= 0.6 is 0 Å². The monoisotopic (exact) mass is 432 g/mol. The zero-order valence-corrected chi connectivity index (χ0v) is 18.0. The van der Waals surface area contributed by atoms with Crippen molar-refractivity contribution in [2.75, 3.05) is 20.2 Å². The summed E-state index contributed by atoms with van der Waals surface area (Å²) in [5.41, 5.74) is 2.69. The number of fused-ring (bicyclic) bond motifs is 3. The van der Waals surface area contributed by atoms with E-state index >= 15 is 0 Å². The molecule has 2 aromatic carbocycles. The third-order valence-electron chi connectivity index (χ3n) is 6.47. The molecule has 32 heavy (non-hydrogen) atoms. The van der Waals surface area contributed by atoms with Crippen molar-refractivity contribution < 1.29 is 19.1 Å². The minimum atomic E-state index is -1.23. The lowest BCUT2D eigenvalue weighted by atomic mass is 9.92. The van der Waals surface area contributed by atoms with Gasteiger partial charge in [-0.1, -0.05) is 30.3 Å². The lowest BCUT2D eigenvalue weighted by Gasteiger charge is -2.29. The van der Waals surface area contributed by atoms with Crippen LogP contribution in [0.1, 0.15) is 23.7 Å². The van der Waals surface area contributed by atoms with Crippen LogP contribution in [0.5, 0.6) is 5.75 Å². The summed E-state index contributed by atoms with van der Waals surface area (Å²) in [6.45, 7) is 2.36. The molecular formula is C24H24N4O4. The van der Waals surface area contributed by atoms with Crippen molar-refractivity contribution in [3.63, 3.8) is 0 Å². The molecule has 1 saturated heterocycles. The van der Waals surface area contributed by atoms with E-state index in [0.29, 0.717) is 30.8 Å². The Morgan fingerprint density at radius 3 is 2.62 bits per heavy atom. The lowest BCUT2D eigenvalue weighted by molar-refractivity contribution is -0.139. The fourth-order valence-corrected chi connectivity index (χ4v) is 4.58. The van der Waals surface area contributed by atoms with E-state index in [1.165, 1.54) is 0 Å². The summed E-state index contributed by atoms with van der Waals surface area (Å²) >= 11 is 0. The SMILES string of the molecule is COc1ccc(C2(C)NC(=O)N(CC(=O)N3CCc4[nH]c5ccccc5c4C3)C2=O)cc1. The van der Waals surface area contributed by atoms with Crippen LogP contribution in [0.25, 0.3) is 10.9 Å². The number of amides is 4. The van der Waals surface area contributed by atoms with Crippen LogP contribution in [-0.2, 0) is 28.1 Å². The molecule has 3 aromatic rings. The Bertz CT molecular complexity index is 1230. The van der Waals surface area contributed by atoms with Gasteiger partial charge in [0.15, 0.2) is 0 Å². The first-order valence-electron chi connectivity index (χ1n) is 10.6. The largest absolute Gasteiger partial charge is 0.497 e. The van der Waals surface area contributed by atoms with Crippen LogP contribution in [0.3, 0.4) is 0 Å². The number of para-hydroxylation sites is 1. The summed E-state index contributed by atoms with van der Waals surface area (Å²) in [7, 11) is 1.56. The van der Waals surface area contributed by atoms with Crippen LogP contribution in [0.15, 0.2) is 48.5 Å². The smallest absolute Gasteiger partial charge is 0.325 e. The molecule has 164 valence electrons. The molecule has 4 amide bonds. The van der Waals surface area contributed by atoms with Crippen molar-refractivity contribution in [1.82, 2.24) is 20.1 Å². The number of urea groups is 1. The number of aromatic amines is 1. The van der Waals surface area contributed by atoms with Gasteiger partial charge in [0.25, 0.3) is 5.91 Å². The number of aromatic nitrogens is 1. The van der Waals surface area contributed by atoms with E-state index in [-0.39, 0.29) is 12.5 Å². The maximum Gasteiger partial charge on any atom is 0.325 e. The van der Waals surface area contributed by atoms with E-state index in [1.54, 1.807) is 43.2 Å². The molecule has 1 unspecified atom stereocenters. The minimum Gasteiger partial charge on any atom is -0.497 e. The number of benzene rings is 2. The molecule has 0 spiro atoms. The van der Waals surface area contributed by atoms with Crippen LogP contribution in [0.4, 0.5) is 4.79 Å². The molecule has 2 aliphatic rings. The van der Waals surface area contributed by atoms with Crippen molar-refractivity contribution in [2.24, 2.45) is 0 Å². The third kappa shape index (κ3) is 3.10. The number of hydrogen-bond acceptors (Lipinski definition) is 4. The van der Waals surface area contributed by atoms with Gasteiger partial charge in [-0.2, -0.15) is 0 Å². The highest BCUT2D eigenvalue weighted by Gasteiger charge is 2.49. The van der Waals surface area contributed by atoms with E-state index in [0.717, 1.165) is 27.1 Å². The summed E-state index contributed by atoms with van der Waals surface area (Å²) in [4.78, 5) is 45.0. The number of methoxy groups -OCH3 is 1. The van der Waals surface area contributed by atoms with Crippen LogP contribution in [0, 0.1) is 0 Å². The predicted octanol–water partition coefficient (Wildman–Crippen LogP) is 2.53. The topological polar surface area (TPSA) is 94.7 Å². The molecule has 0 aliphatic carbocycles. The van der Waals surface area contributed by atoms with Crippen molar-refractivity contribution in [2.45, 2.75) is 25.4 Å². The molecule has 1 atom stereocenters. The first-order valence-corrected chi connectivity index (χ1v) is 10.6. The van der Waals surface area contributed by atoms with Gasteiger partial charge in [0.1, 0.15) is 17.8 Å². The molecule has 0 saturated carbocycles. The summed E-state index contributed by atoms with van der Waals surface area (Å²) in [5, 5.41) is 3.85. The highest BCUT2D eigenvalue weighted by Crippen LogP contribution is 2.31. The Hall–Kier alpha value is -3.81. The van der Waals surface area contributed by atoms with Gasteiger partial charge in [-0.3, -0.25) is 14.5 Å². The maximum atomic E-state index is 13.2. The molecule has 1 fully saturated rings. The molecule has 8 heteroatoms. The van der Waals surface area contributed by atoms with Crippen molar-refractivity contribution in [3.05, 3.63) is 65.4 Å². The number of carbonyl (C=O) groups is 3. The first-order chi connectivity index (χ1) is 15.4. The molecule has 0 radical (unpaired) electrons. The molecule has 5 rings (SSSR count). The van der Waals surface area contributed by atoms with Gasteiger partial charge < -0.3 is 19.9 Å². The van der Waals surface area contributed by atoms with E-state index in [1.807, 2.05) is 24.3 Å². The van der Waals surface area contributed by atoms with Crippen molar-refractivity contribution >= 4 is 28.7 Å². The predicted molar refractivity (Wildman–Crippen MR) is 118 cm³/mol. The lowest BCUT2D eigenvalue weighted by Crippen LogP contribution is -2.45. The van der Waals surface area contributed by atoms with Crippen LogP contribution in [0.2, 0.25) is 0 Å². The molecule has 8 nitrogen and oxygen atoms in total. The summed E-state index contributed by atoms with van der Waals surface area (Å²) in [6.07, 6.45) is 0.708. The fraction of sp³-hybridized carbons (Fsp3) is 0.292. The second kappa shape index (κ2) is 7.40. The van der Waals surface area contributed by atoms with Gasteiger partial charge in [0.05, 0.1) is 7.11 Å². The number of rotatable bonds is 4. The van der Waals surface area contributed by atoms with E-state index in [4.69, 9.17) is 4.74 Å². The number of nitrogens with zero attached hydrogens (tertiary/aromatic N) is 2. The molecule has 2 aliphatic heterocycles. The maximum absolute atomic E-state index is 13.2. The molecule has 1 aromatic heterocycles. The zero-order chi connectivity index (χ0) is 22.5. The quantitative estimate of drug-likeness (QED) is 0.620. The number of imide groups is 1. The number of nitrogens with one attached hydrogen (secondary N) is 2.